The number of rotatable bonds is 5. The molecule has 0 aromatic carbocycles. The normalized spacial score (nSPS) is 12.5. The van der Waals surface area contributed by atoms with Crippen LogP contribution in [0.1, 0.15) is 37.9 Å². The highest BCUT2D eigenvalue weighted by atomic mass is 16.5. The van der Waals surface area contributed by atoms with Crippen molar-refractivity contribution in [3.8, 4) is 6.01 Å². The Hall–Kier alpha value is -1.16. The predicted octanol–water partition coefficient (Wildman–Crippen LogP) is 1.50. The Bertz CT molecular complexity index is 315. The molecule has 1 heterocycles. The molecule has 0 spiro atoms. The van der Waals surface area contributed by atoms with Gasteiger partial charge < -0.3 is 10.5 Å². The lowest BCUT2D eigenvalue weighted by Crippen LogP contribution is -2.13. The molecule has 2 N–H and O–H groups in total. The number of nitrogens with two attached hydrogens (primary N) is 1. The summed E-state index contributed by atoms with van der Waals surface area (Å²) in [4.78, 5) is 8.52. The molecule has 0 bridgehead atoms. The zero-order chi connectivity index (χ0) is 11.3. The first kappa shape index (κ1) is 11.9. The van der Waals surface area contributed by atoms with Gasteiger partial charge >= 0.3 is 6.01 Å². The molecule has 84 valence electrons. The van der Waals surface area contributed by atoms with Gasteiger partial charge in [-0.1, -0.05) is 13.8 Å². The summed E-state index contributed by atoms with van der Waals surface area (Å²) in [5, 5.41) is 0. The van der Waals surface area contributed by atoms with Crippen LogP contribution in [0.15, 0.2) is 6.20 Å². The molecule has 1 atom stereocenters. The van der Waals surface area contributed by atoms with Crippen molar-refractivity contribution in [3.05, 3.63) is 17.5 Å². The third kappa shape index (κ3) is 2.89. The third-order valence-corrected chi connectivity index (χ3v) is 2.37. The monoisotopic (exact) mass is 209 g/mol. The van der Waals surface area contributed by atoms with E-state index in [0.717, 1.165) is 17.7 Å². The van der Waals surface area contributed by atoms with Crippen molar-refractivity contribution in [3.63, 3.8) is 0 Å². The summed E-state index contributed by atoms with van der Waals surface area (Å²) in [7, 11) is 0. The molecule has 0 aliphatic carbocycles. The third-order valence-electron chi connectivity index (χ3n) is 2.37. The van der Waals surface area contributed by atoms with Crippen LogP contribution in [0, 0.1) is 0 Å². The van der Waals surface area contributed by atoms with Gasteiger partial charge in [-0.3, -0.25) is 0 Å². The van der Waals surface area contributed by atoms with E-state index in [1.54, 1.807) is 0 Å². The Labute approximate surface area is 90.9 Å². The standard InChI is InChI=1S/C11H19N3O/c1-4-10-9(8(3)6-12)7-13-11(14-10)15-5-2/h7-8H,4-6,12H2,1-3H3. The van der Waals surface area contributed by atoms with E-state index in [2.05, 4.69) is 23.8 Å². The lowest BCUT2D eigenvalue weighted by molar-refractivity contribution is 0.310. The average Bonchev–Trinajstić information content (AvgIpc) is 2.28. The molecule has 0 aliphatic heterocycles. The van der Waals surface area contributed by atoms with E-state index in [0.29, 0.717) is 25.1 Å². The summed E-state index contributed by atoms with van der Waals surface area (Å²) in [6.07, 6.45) is 2.70. The van der Waals surface area contributed by atoms with Gasteiger partial charge in [0.15, 0.2) is 0 Å². The van der Waals surface area contributed by atoms with Crippen molar-refractivity contribution in [2.75, 3.05) is 13.2 Å². The summed E-state index contributed by atoms with van der Waals surface area (Å²) < 4.78 is 5.26. The summed E-state index contributed by atoms with van der Waals surface area (Å²) in [5.74, 6) is 0.302. The zero-order valence-electron chi connectivity index (χ0n) is 9.66. The number of aryl methyl sites for hydroxylation is 1. The summed E-state index contributed by atoms with van der Waals surface area (Å²) in [5.41, 5.74) is 7.80. The molecule has 1 aromatic heterocycles. The van der Waals surface area contributed by atoms with E-state index in [-0.39, 0.29) is 0 Å². The van der Waals surface area contributed by atoms with E-state index >= 15 is 0 Å². The van der Waals surface area contributed by atoms with Crippen LogP contribution in [0.3, 0.4) is 0 Å². The lowest BCUT2D eigenvalue weighted by Gasteiger charge is -2.13. The fraction of sp³-hybridized carbons (Fsp3) is 0.636. The van der Waals surface area contributed by atoms with E-state index < -0.39 is 0 Å². The molecular formula is C11H19N3O. The van der Waals surface area contributed by atoms with E-state index in [1.165, 1.54) is 0 Å². The van der Waals surface area contributed by atoms with Gasteiger partial charge in [0.25, 0.3) is 0 Å². The Balaban J connectivity index is 2.98. The van der Waals surface area contributed by atoms with Crippen molar-refractivity contribution in [1.82, 2.24) is 9.97 Å². The minimum atomic E-state index is 0.302. The smallest absolute Gasteiger partial charge is 0.316 e. The van der Waals surface area contributed by atoms with E-state index in [4.69, 9.17) is 10.5 Å². The minimum Gasteiger partial charge on any atom is -0.464 e. The van der Waals surface area contributed by atoms with Gasteiger partial charge in [-0.25, -0.2) is 4.98 Å². The van der Waals surface area contributed by atoms with Gasteiger partial charge in [-0.05, 0) is 31.4 Å². The molecular weight excluding hydrogens is 190 g/mol. The van der Waals surface area contributed by atoms with Crippen LogP contribution in [0.5, 0.6) is 6.01 Å². The largest absolute Gasteiger partial charge is 0.464 e. The van der Waals surface area contributed by atoms with E-state index in [1.807, 2.05) is 13.1 Å². The van der Waals surface area contributed by atoms with Crippen molar-refractivity contribution in [1.29, 1.82) is 0 Å². The second-order valence-corrected chi connectivity index (χ2v) is 3.48. The molecule has 15 heavy (non-hydrogen) atoms. The van der Waals surface area contributed by atoms with Crippen LogP contribution >= 0.6 is 0 Å². The maximum absolute atomic E-state index is 5.64. The quantitative estimate of drug-likeness (QED) is 0.798. The van der Waals surface area contributed by atoms with Gasteiger partial charge in [0.2, 0.25) is 0 Å². The van der Waals surface area contributed by atoms with Crippen LogP contribution in [-0.2, 0) is 6.42 Å². The Kier molecular flexibility index (Phi) is 4.49. The highest BCUT2D eigenvalue weighted by molar-refractivity contribution is 5.23. The van der Waals surface area contributed by atoms with Gasteiger partial charge in [-0.2, -0.15) is 4.98 Å². The number of nitrogens with zero attached hydrogens (tertiary/aromatic N) is 2. The molecule has 0 amide bonds. The van der Waals surface area contributed by atoms with Gasteiger partial charge in [0.1, 0.15) is 0 Å². The van der Waals surface area contributed by atoms with Gasteiger partial charge in [-0.15, -0.1) is 0 Å². The molecule has 4 heteroatoms. The maximum atomic E-state index is 5.64. The van der Waals surface area contributed by atoms with Crippen molar-refractivity contribution < 1.29 is 4.74 Å². The number of ether oxygens (including phenoxy) is 1. The number of hydrogen-bond donors (Lipinski definition) is 1. The summed E-state index contributed by atoms with van der Waals surface area (Å²) >= 11 is 0. The fourth-order valence-electron chi connectivity index (χ4n) is 1.43. The van der Waals surface area contributed by atoms with Gasteiger partial charge in [0, 0.05) is 6.20 Å². The zero-order valence-corrected chi connectivity index (χ0v) is 9.66. The Morgan fingerprint density at radius 2 is 2.20 bits per heavy atom. The number of aromatic nitrogens is 2. The molecule has 0 saturated heterocycles. The first-order chi connectivity index (χ1) is 7.22. The molecule has 1 rings (SSSR count). The Morgan fingerprint density at radius 1 is 1.47 bits per heavy atom. The van der Waals surface area contributed by atoms with E-state index in [9.17, 15) is 0 Å². The van der Waals surface area contributed by atoms with Crippen molar-refractivity contribution >= 4 is 0 Å². The average molecular weight is 209 g/mol. The Morgan fingerprint density at radius 3 is 2.73 bits per heavy atom. The van der Waals surface area contributed by atoms with Crippen LogP contribution in [0.4, 0.5) is 0 Å². The number of hydrogen-bond acceptors (Lipinski definition) is 4. The van der Waals surface area contributed by atoms with Crippen molar-refractivity contribution in [2.24, 2.45) is 5.73 Å². The SMILES string of the molecule is CCOc1ncc(C(C)CN)c(CC)n1. The summed E-state index contributed by atoms with van der Waals surface area (Å²) in [6.45, 7) is 7.29. The fourth-order valence-corrected chi connectivity index (χ4v) is 1.43. The van der Waals surface area contributed by atoms with Crippen LogP contribution < -0.4 is 10.5 Å². The minimum absolute atomic E-state index is 0.302. The highest BCUT2D eigenvalue weighted by Gasteiger charge is 2.11. The topological polar surface area (TPSA) is 61.0 Å². The lowest BCUT2D eigenvalue weighted by atomic mass is 10.0. The highest BCUT2D eigenvalue weighted by Crippen LogP contribution is 2.19. The summed E-state index contributed by atoms with van der Waals surface area (Å²) in [6, 6.07) is 0.460. The first-order valence-electron chi connectivity index (χ1n) is 5.41. The molecule has 0 aliphatic rings. The van der Waals surface area contributed by atoms with Crippen LogP contribution in [0.2, 0.25) is 0 Å². The second kappa shape index (κ2) is 5.66. The molecule has 0 radical (unpaired) electrons. The molecule has 1 aromatic rings. The first-order valence-corrected chi connectivity index (χ1v) is 5.41. The van der Waals surface area contributed by atoms with Crippen molar-refractivity contribution in [2.45, 2.75) is 33.1 Å². The van der Waals surface area contributed by atoms with Crippen LogP contribution in [-0.4, -0.2) is 23.1 Å². The molecule has 4 nitrogen and oxygen atoms in total. The second-order valence-electron chi connectivity index (χ2n) is 3.48. The molecule has 1 unspecified atom stereocenters. The molecule has 0 saturated carbocycles. The van der Waals surface area contributed by atoms with Gasteiger partial charge in [0.05, 0.1) is 12.3 Å². The predicted molar refractivity (Wildman–Crippen MR) is 60.0 cm³/mol. The maximum Gasteiger partial charge on any atom is 0.316 e. The molecule has 0 fully saturated rings. The van der Waals surface area contributed by atoms with Crippen LogP contribution in [0.25, 0.3) is 0 Å².